The maximum absolute atomic E-state index is 5.88. The van der Waals surface area contributed by atoms with Crippen LogP contribution in [0.25, 0.3) is 0 Å². The van der Waals surface area contributed by atoms with E-state index in [4.69, 9.17) is 9.47 Å². The Balaban J connectivity index is 2.74. The van der Waals surface area contributed by atoms with Gasteiger partial charge in [-0.2, -0.15) is 0 Å². The molecule has 100 valence electrons. The van der Waals surface area contributed by atoms with Crippen LogP contribution in [-0.2, 0) is 9.47 Å². The quantitative estimate of drug-likeness (QED) is 0.743. The molecule has 0 aromatic heterocycles. The maximum atomic E-state index is 5.88. The van der Waals surface area contributed by atoms with E-state index >= 15 is 0 Å². The summed E-state index contributed by atoms with van der Waals surface area (Å²) in [6, 6.07) is 0.252. The molecule has 1 rings (SSSR count). The predicted octanol–water partition coefficient (Wildman–Crippen LogP) is 2.86. The van der Waals surface area contributed by atoms with Gasteiger partial charge >= 0.3 is 0 Å². The van der Waals surface area contributed by atoms with Crippen molar-refractivity contribution in [2.24, 2.45) is 0 Å². The van der Waals surface area contributed by atoms with Crippen molar-refractivity contribution in [1.82, 2.24) is 5.32 Å². The highest BCUT2D eigenvalue weighted by Crippen LogP contribution is 2.26. The van der Waals surface area contributed by atoms with Gasteiger partial charge in [0, 0.05) is 6.61 Å². The molecule has 1 atom stereocenters. The van der Waals surface area contributed by atoms with E-state index < -0.39 is 0 Å². The summed E-state index contributed by atoms with van der Waals surface area (Å²) in [6.07, 6.45) is 5.28. The van der Waals surface area contributed by atoms with Crippen LogP contribution < -0.4 is 5.32 Å². The van der Waals surface area contributed by atoms with Crippen LogP contribution in [0, 0.1) is 0 Å². The summed E-state index contributed by atoms with van der Waals surface area (Å²) >= 11 is 0. The second-order valence-electron chi connectivity index (χ2n) is 5.09. The normalized spacial score (nSPS) is 18.5. The van der Waals surface area contributed by atoms with Gasteiger partial charge in [0.15, 0.2) is 0 Å². The smallest absolute Gasteiger partial charge is 0.0876 e. The SMILES string of the molecule is CCCNC(C1=COCCC1)C(C)(C)OCC. The van der Waals surface area contributed by atoms with Gasteiger partial charge in [0.1, 0.15) is 0 Å². The summed E-state index contributed by atoms with van der Waals surface area (Å²) in [7, 11) is 0. The van der Waals surface area contributed by atoms with Crippen molar-refractivity contribution in [1.29, 1.82) is 0 Å². The lowest BCUT2D eigenvalue weighted by Gasteiger charge is -2.37. The average Bonchev–Trinajstić information content (AvgIpc) is 2.30. The van der Waals surface area contributed by atoms with Gasteiger partial charge in [-0.15, -0.1) is 0 Å². The molecule has 1 unspecified atom stereocenters. The summed E-state index contributed by atoms with van der Waals surface area (Å²) < 4.78 is 11.3. The Kier molecular flexibility index (Phi) is 6.00. The third kappa shape index (κ3) is 4.32. The largest absolute Gasteiger partial charge is 0.501 e. The summed E-state index contributed by atoms with van der Waals surface area (Å²) in [6.45, 7) is 11.1. The van der Waals surface area contributed by atoms with Gasteiger partial charge in [0.05, 0.1) is 24.5 Å². The van der Waals surface area contributed by atoms with Crippen LogP contribution in [0.3, 0.4) is 0 Å². The van der Waals surface area contributed by atoms with Crippen LogP contribution in [0.4, 0.5) is 0 Å². The van der Waals surface area contributed by atoms with Gasteiger partial charge in [0.2, 0.25) is 0 Å². The second kappa shape index (κ2) is 7.02. The Hall–Kier alpha value is -0.540. The zero-order valence-electron chi connectivity index (χ0n) is 11.7. The van der Waals surface area contributed by atoms with E-state index in [0.717, 1.165) is 39.0 Å². The van der Waals surface area contributed by atoms with E-state index in [0.29, 0.717) is 0 Å². The van der Waals surface area contributed by atoms with E-state index in [-0.39, 0.29) is 11.6 Å². The van der Waals surface area contributed by atoms with Crippen LogP contribution in [0.1, 0.15) is 47.0 Å². The molecule has 0 aromatic carbocycles. The third-order valence-electron chi connectivity index (χ3n) is 3.14. The van der Waals surface area contributed by atoms with Gasteiger partial charge in [-0.1, -0.05) is 6.92 Å². The molecule has 0 bridgehead atoms. The molecule has 0 saturated heterocycles. The zero-order chi connectivity index (χ0) is 12.7. The van der Waals surface area contributed by atoms with Crippen molar-refractivity contribution in [3.05, 3.63) is 11.8 Å². The van der Waals surface area contributed by atoms with Gasteiger partial charge in [0.25, 0.3) is 0 Å². The summed E-state index contributed by atoms with van der Waals surface area (Å²) in [5.41, 5.74) is 1.15. The highest BCUT2D eigenvalue weighted by Gasteiger charge is 2.33. The topological polar surface area (TPSA) is 30.5 Å². The lowest BCUT2D eigenvalue weighted by Crippen LogP contribution is -2.50. The van der Waals surface area contributed by atoms with Crippen molar-refractivity contribution >= 4 is 0 Å². The predicted molar refractivity (Wildman–Crippen MR) is 71.1 cm³/mol. The number of nitrogens with one attached hydrogen (secondary N) is 1. The Morgan fingerprint density at radius 3 is 2.76 bits per heavy atom. The van der Waals surface area contributed by atoms with Gasteiger partial charge in [-0.05, 0) is 52.2 Å². The minimum atomic E-state index is -0.184. The van der Waals surface area contributed by atoms with Gasteiger partial charge in [-0.3, -0.25) is 0 Å². The first-order valence-corrected chi connectivity index (χ1v) is 6.79. The number of ether oxygens (including phenoxy) is 2. The summed E-state index contributed by atoms with van der Waals surface area (Å²) in [5.74, 6) is 0. The molecule has 17 heavy (non-hydrogen) atoms. The first-order chi connectivity index (χ1) is 8.11. The Bertz CT molecular complexity index is 249. The fraction of sp³-hybridized carbons (Fsp3) is 0.857. The molecule has 0 radical (unpaired) electrons. The Labute approximate surface area is 106 Å². The molecule has 0 fully saturated rings. The molecule has 3 nitrogen and oxygen atoms in total. The average molecular weight is 241 g/mol. The third-order valence-corrected chi connectivity index (χ3v) is 3.14. The van der Waals surface area contributed by atoms with Crippen LogP contribution in [0.2, 0.25) is 0 Å². The first kappa shape index (κ1) is 14.5. The van der Waals surface area contributed by atoms with Crippen molar-refractivity contribution in [3.63, 3.8) is 0 Å². The molecule has 1 N–H and O–H groups in total. The molecule has 1 heterocycles. The van der Waals surface area contributed by atoms with E-state index in [1.54, 1.807) is 0 Å². The zero-order valence-corrected chi connectivity index (χ0v) is 11.7. The fourth-order valence-corrected chi connectivity index (χ4v) is 2.36. The van der Waals surface area contributed by atoms with E-state index in [1.165, 1.54) is 5.57 Å². The lowest BCUT2D eigenvalue weighted by atomic mass is 9.88. The molecular formula is C14H27NO2. The number of hydrogen-bond donors (Lipinski definition) is 1. The number of rotatable bonds is 7. The molecule has 0 aromatic rings. The molecule has 1 aliphatic rings. The van der Waals surface area contributed by atoms with Gasteiger partial charge < -0.3 is 14.8 Å². The summed E-state index contributed by atoms with van der Waals surface area (Å²) in [4.78, 5) is 0. The first-order valence-electron chi connectivity index (χ1n) is 6.79. The van der Waals surface area contributed by atoms with E-state index in [2.05, 4.69) is 26.1 Å². The monoisotopic (exact) mass is 241 g/mol. The number of hydrogen-bond acceptors (Lipinski definition) is 3. The van der Waals surface area contributed by atoms with Crippen LogP contribution in [0.15, 0.2) is 11.8 Å². The molecule has 0 saturated carbocycles. The Morgan fingerprint density at radius 2 is 2.24 bits per heavy atom. The van der Waals surface area contributed by atoms with Crippen molar-refractivity contribution in [3.8, 4) is 0 Å². The van der Waals surface area contributed by atoms with E-state index in [9.17, 15) is 0 Å². The van der Waals surface area contributed by atoms with Crippen LogP contribution in [-0.4, -0.2) is 31.4 Å². The highest BCUT2D eigenvalue weighted by atomic mass is 16.5. The molecule has 3 heteroatoms. The standard InChI is InChI=1S/C14H27NO2/c1-5-9-15-13(14(3,4)17-6-2)12-8-7-10-16-11-12/h11,13,15H,5-10H2,1-4H3. The lowest BCUT2D eigenvalue weighted by molar-refractivity contribution is -0.0315. The van der Waals surface area contributed by atoms with Crippen molar-refractivity contribution < 1.29 is 9.47 Å². The van der Waals surface area contributed by atoms with Crippen molar-refractivity contribution in [2.75, 3.05) is 19.8 Å². The Morgan fingerprint density at radius 1 is 1.47 bits per heavy atom. The molecule has 0 aliphatic carbocycles. The van der Waals surface area contributed by atoms with Crippen LogP contribution in [0.5, 0.6) is 0 Å². The van der Waals surface area contributed by atoms with Crippen molar-refractivity contribution in [2.45, 2.75) is 58.6 Å². The molecular weight excluding hydrogens is 214 g/mol. The maximum Gasteiger partial charge on any atom is 0.0876 e. The van der Waals surface area contributed by atoms with E-state index in [1.807, 2.05) is 13.2 Å². The summed E-state index contributed by atoms with van der Waals surface area (Å²) in [5, 5.41) is 3.59. The second-order valence-corrected chi connectivity index (χ2v) is 5.09. The molecule has 1 aliphatic heterocycles. The van der Waals surface area contributed by atoms with Gasteiger partial charge in [-0.25, -0.2) is 0 Å². The highest BCUT2D eigenvalue weighted by molar-refractivity contribution is 5.15. The minimum Gasteiger partial charge on any atom is -0.501 e. The van der Waals surface area contributed by atoms with Crippen LogP contribution >= 0.6 is 0 Å². The molecule has 0 spiro atoms. The fourth-order valence-electron chi connectivity index (χ4n) is 2.36. The molecule has 0 amide bonds. The minimum absolute atomic E-state index is 0.184.